The zero-order valence-electron chi connectivity index (χ0n) is 12.1. The Hall–Kier alpha value is -0.620. The molecule has 0 aromatic heterocycles. The van der Waals surface area contributed by atoms with Gasteiger partial charge in [0.05, 0.1) is 6.61 Å². The first-order valence-electron chi connectivity index (χ1n) is 7.08. The van der Waals surface area contributed by atoms with Crippen molar-refractivity contribution in [1.82, 2.24) is 10.2 Å². The van der Waals surface area contributed by atoms with Gasteiger partial charge in [-0.3, -0.25) is 4.79 Å². The predicted molar refractivity (Wildman–Crippen MR) is 88.0 cm³/mol. The number of hydrogen-bond donors (Lipinski definition) is 1. The topological polar surface area (TPSA) is 41.6 Å². The van der Waals surface area contributed by atoms with Crippen LogP contribution in [0.2, 0.25) is 5.02 Å². The van der Waals surface area contributed by atoms with Crippen molar-refractivity contribution in [3.63, 3.8) is 0 Å². The number of hydrogen-bond acceptors (Lipinski definition) is 3. The second-order valence-electron chi connectivity index (χ2n) is 5.20. The number of ether oxygens (including phenoxy) is 1. The number of carbonyl (C=O) groups is 1. The Morgan fingerprint density at radius 2 is 2.33 bits per heavy atom. The third-order valence-corrected chi connectivity index (χ3v) is 4.24. The van der Waals surface area contributed by atoms with Crippen molar-refractivity contribution in [2.75, 3.05) is 33.4 Å². The number of amides is 1. The summed E-state index contributed by atoms with van der Waals surface area (Å²) in [6.07, 6.45) is 2.27. The summed E-state index contributed by atoms with van der Waals surface area (Å²) in [5.41, 5.74) is 0.600. The van der Waals surface area contributed by atoms with Gasteiger partial charge < -0.3 is 15.0 Å². The fourth-order valence-electron chi connectivity index (χ4n) is 2.52. The van der Waals surface area contributed by atoms with Crippen molar-refractivity contribution in [3.8, 4) is 0 Å². The van der Waals surface area contributed by atoms with Gasteiger partial charge in [-0.1, -0.05) is 27.5 Å². The highest BCUT2D eigenvalue weighted by atomic mass is 79.9. The Labute approximate surface area is 138 Å². The molecule has 0 spiro atoms. The van der Waals surface area contributed by atoms with E-state index in [1.54, 1.807) is 25.3 Å². The van der Waals surface area contributed by atoms with Crippen LogP contribution in [0.1, 0.15) is 23.2 Å². The Morgan fingerprint density at radius 3 is 2.95 bits per heavy atom. The third-order valence-electron chi connectivity index (χ3n) is 3.57. The summed E-state index contributed by atoms with van der Waals surface area (Å²) >= 11 is 9.41. The summed E-state index contributed by atoms with van der Waals surface area (Å²) in [7, 11) is 1.65. The summed E-state index contributed by atoms with van der Waals surface area (Å²) in [6.45, 7) is 2.84. The molecule has 1 N–H and O–H groups in total. The maximum atomic E-state index is 12.7. The van der Waals surface area contributed by atoms with E-state index in [2.05, 4.69) is 21.2 Å². The average Bonchev–Trinajstić information content (AvgIpc) is 2.94. The largest absolute Gasteiger partial charge is 0.383 e. The molecule has 2 rings (SSSR count). The van der Waals surface area contributed by atoms with E-state index in [4.69, 9.17) is 16.3 Å². The van der Waals surface area contributed by atoms with E-state index in [-0.39, 0.29) is 5.91 Å². The van der Waals surface area contributed by atoms with Gasteiger partial charge in [-0.05, 0) is 37.6 Å². The van der Waals surface area contributed by atoms with Gasteiger partial charge in [-0.25, -0.2) is 0 Å². The lowest BCUT2D eigenvalue weighted by molar-refractivity contribution is 0.0679. The van der Waals surface area contributed by atoms with Crippen molar-refractivity contribution in [2.45, 2.75) is 18.9 Å². The van der Waals surface area contributed by atoms with Crippen LogP contribution < -0.4 is 5.32 Å². The number of halogens is 2. The maximum Gasteiger partial charge on any atom is 0.254 e. The Balaban J connectivity index is 2.11. The lowest BCUT2D eigenvalue weighted by atomic mass is 10.1. The lowest BCUT2D eigenvalue weighted by Crippen LogP contribution is -2.42. The highest BCUT2D eigenvalue weighted by Gasteiger charge is 2.22. The first-order valence-corrected chi connectivity index (χ1v) is 8.25. The van der Waals surface area contributed by atoms with Crippen molar-refractivity contribution >= 4 is 33.4 Å². The van der Waals surface area contributed by atoms with Crippen LogP contribution in [0, 0.1) is 0 Å². The summed E-state index contributed by atoms with van der Waals surface area (Å²) in [5, 5.41) is 3.98. The van der Waals surface area contributed by atoms with Crippen molar-refractivity contribution in [1.29, 1.82) is 0 Å². The fraction of sp³-hybridized carbons (Fsp3) is 0.533. The smallest absolute Gasteiger partial charge is 0.254 e. The van der Waals surface area contributed by atoms with E-state index < -0.39 is 0 Å². The molecule has 116 valence electrons. The first kappa shape index (κ1) is 16.7. The molecule has 1 aliphatic rings. The first-order chi connectivity index (χ1) is 10.1. The van der Waals surface area contributed by atoms with Crippen molar-refractivity contribution < 1.29 is 9.53 Å². The van der Waals surface area contributed by atoms with Gasteiger partial charge >= 0.3 is 0 Å². The van der Waals surface area contributed by atoms with E-state index in [0.29, 0.717) is 36.3 Å². The number of nitrogens with one attached hydrogen (secondary N) is 1. The monoisotopic (exact) mass is 374 g/mol. The van der Waals surface area contributed by atoms with Crippen molar-refractivity contribution in [2.24, 2.45) is 0 Å². The molecule has 1 aliphatic heterocycles. The van der Waals surface area contributed by atoms with Gasteiger partial charge in [0.25, 0.3) is 5.91 Å². The van der Waals surface area contributed by atoms with Crippen LogP contribution in [0.4, 0.5) is 0 Å². The lowest BCUT2D eigenvalue weighted by Gasteiger charge is -2.26. The molecule has 1 saturated heterocycles. The highest BCUT2D eigenvalue weighted by Crippen LogP contribution is 2.21. The Morgan fingerprint density at radius 1 is 1.52 bits per heavy atom. The normalized spacial score (nSPS) is 18.0. The van der Waals surface area contributed by atoms with Crippen LogP contribution in [-0.2, 0) is 4.74 Å². The number of benzene rings is 1. The van der Waals surface area contributed by atoms with Gasteiger partial charge in [-0.2, -0.15) is 0 Å². The second kappa shape index (κ2) is 8.13. The summed E-state index contributed by atoms with van der Waals surface area (Å²) in [4.78, 5) is 14.5. The summed E-state index contributed by atoms with van der Waals surface area (Å²) < 4.78 is 5.93. The molecule has 1 aromatic rings. The van der Waals surface area contributed by atoms with Gasteiger partial charge in [0.15, 0.2) is 0 Å². The molecule has 1 heterocycles. The van der Waals surface area contributed by atoms with Gasteiger partial charge in [0.2, 0.25) is 0 Å². The van der Waals surface area contributed by atoms with E-state index in [0.717, 1.165) is 17.4 Å². The molecule has 6 heteroatoms. The molecule has 1 aromatic carbocycles. The molecule has 1 amide bonds. The Bertz CT molecular complexity index is 472. The molecule has 21 heavy (non-hydrogen) atoms. The number of methoxy groups -OCH3 is 1. The Kier molecular flexibility index (Phi) is 6.48. The van der Waals surface area contributed by atoms with Gasteiger partial charge in [0.1, 0.15) is 0 Å². The van der Waals surface area contributed by atoms with Crippen LogP contribution in [0.5, 0.6) is 0 Å². The quantitative estimate of drug-likeness (QED) is 0.831. The number of nitrogens with zero attached hydrogens (tertiary/aromatic N) is 1. The molecule has 4 nitrogen and oxygen atoms in total. The summed E-state index contributed by atoms with van der Waals surface area (Å²) in [6, 6.07) is 5.65. The minimum atomic E-state index is -0.0102. The minimum absolute atomic E-state index is 0.0102. The van der Waals surface area contributed by atoms with Gasteiger partial charge in [0, 0.05) is 41.3 Å². The standard InChI is InChI=1S/C15H20BrClN2O2/c1-21-6-5-19(10-14-3-2-4-18-14)15(20)11-7-12(16)9-13(17)8-11/h7-9,14,18H,2-6,10H2,1H3. The maximum absolute atomic E-state index is 12.7. The van der Waals surface area contributed by atoms with Crippen molar-refractivity contribution in [3.05, 3.63) is 33.3 Å². The van der Waals surface area contributed by atoms with Crippen LogP contribution in [0.25, 0.3) is 0 Å². The van der Waals surface area contributed by atoms with E-state index in [9.17, 15) is 4.79 Å². The fourth-order valence-corrected chi connectivity index (χ4v) is 3.38. The third kappa shape index (κ3) is 4.95. The molecular formula is C15H20BrClN2O2. The zero-order valence-corrected chi connectivity index (χ0v) is 14.4. The summed E-state index contributed by atoms with van der Waals surface area (Å²) in [5.74, 6) is -0.0102. The predicted octanol–water partition coefficient (Wildman–Crippen LogP) is 2.94. The minimum Gasteiger partial charge on any atom is -0.383 e. The van der Waals surface area contributed by atoms with E-state index in [1.807, 2.05) is 4.90 Å². The second-order valence-corrected chi connectivity index (χ2v) is 6.55. The number of carbonyl (C=O) groups excluding carboxylic acids is 1. The van der Waals surface area contributed by atoms with Crippen LogP contribution in [-0.4, -0.2) is 50.2 Å². The molecule has 0 saturated carbocycles. The van der Waals surface area contributed by atoms with Crippen LogP contribution >= 0.6 is 27.5 Å². The molecule has 1 unspecified atom stereocenters. The van der Waals surface area contributed by atoms with Crippen LogP contribution in [0.15, 0.2) is 22.7 Å². The van der Waals surface area contributed by atoms with E-state index >= 15 is 0 Å². The molecule has 0 radical (unpaired) electrons. The molecule has 1 atom stereocenters. The molecule has 0 bridgehead atoms. The molecule has 1 fully saturated rings. The average molecular weight is 376 g/mol. The highest BCUT2D eigenvalue weighted by molar-refractivity contribution is 9.10. The molecular weight excluding hydrogens is 356 g/mol. The van der Waals surface area contributed by atoms with Gasteiger partial charge in [-0.15, -0.1) is 0 Å². The molecule has 0 aliphatic carbocycles. The van der Waals surface area contributed by atoms with E-state index in [1.165, 1.54) is 6.42 Å². The van der Waals surface area contributed by atoms with Crippen LogP contribution in [0.3, 0.4) is 0 Å². The zero-order chi connectivity index (χ0) is 15.2. The SMILES string of the molecule is COCCN(CC1CCCN1)C(=O)c1cc(Cl)cc(Br)c1. The number of rotatable bonds is 6.